The molecule has 0 aromatic heterocycles. The second kappa shape index (κ2) is 7.83. The summed E-state index contributed by atoms with van der Waals surface area (Å²) < 4.78 is 0. The largest absolute Gasteiger partial charge is 0.314 e. The molecule has 1 N–H and O–H groups in total. The molecule has 1 aromatic carbocycles. The number of nitrogens with one attached hydrogen (secondary N) is 1. The summed E-state index contributed by atoms with van der Waals surface area (Å²) in [7, 11) is 0. The fourth-order valence-electron chi connectivity index (χ4n) is 5.09. The average Bonchev–Trinajstić information content (AvgIpc) is 2.58. The number of hydrogen-bond donors (Lipinski definition) is 1. The van der Waals surface area contributed by atoms with E-state index < -0.39 is 0 Å². The van der Waals surface area contributed by atoms with Gasteiger partial charge >= 0.3 is 0 Å². The maximum absolute atomic E-state index is 3.74. The van der Waals surface area contributed by atoms with Crippen molar-refractivity contribution >= 4 is 0 Å². The van der Waals surface area contributed by atoms with Crippen LogP contribution >= 0.6 is 0 Å². The van der Waals surface area contributed by atoms with Crippen molar-refractivity contribution in [3.8, 4) is 0 Å². The second-order valence-corrected chi connectivity index (χ2v) is 8.24. The van der Waals surface area contributed by atoms with Crippen molar-refractivity contribution in [2.24, 2.45) is 17.8 Å². The maximum atomic E-state index is 3.74. The van der Waals surface area contributed by atoms with Crippen LogP contribution in [0.25, 0.3) is 0 Å². The minimum absolute atomic E-state index is 0.772. The highest BCUT2D eigenvalue weighted by molar-refractivity contribution is 5.24. The Morgan fingerprint density at radius 1 is 0.913 bits per heavy atom. The average molecular weight is 314 g/mol. The van der Waals surface area contributed by atoms with Gasteiger partial charge in [-0.05, 0) is 87.6 Å². The van der Waals surface area contributed by atoms with Gasteiger partial charge < -0.3 is 5.32 Å². The van der Waals surface area contributed by atoms with E-state index in [2.05, 4.69) is 50.4 Å². The smallest absolute Gasteiger partial charge is 0.00953 e. The van der Waals surface area contributed by atoms with Crippen LogP contribution in [0.3, 0.4) is 0 Å². The van der Waals surface area contributed by atoms with Crippen LogP contribution in [0, 0.1) is 24.7 Å². The monoisotopic (exact) mass is 313 g/mol. The molecular formula is C22H35N. The summed E-state index contributed by atoms with van der Waals surface area (Å²) in [6.45, 7) is 8.01. The lowest BCUT2D eigenvalue weighted by molar-refractivity contribution is 0.135. The molecule has 1 nitrogen and oxygen atoms in total. The van der Waals surface area contributed by atoms with E-state index in [9.17, 15) is 0 Å². The molecule has 2 aliphatic rings. The molecule has 2 fully saturated rings. The van der Waals surface area contributed by atoms with Gasteiger partial charge in [0.05, 0.1) is 0 Å². The molecular weight excluding hydrogens is 278 g/mol. The highest BCUT2D eigenvalue weighted by Crippen LogP contribution is 2.43. The first-order chi connectivity index (χ1) is 11.2. The molecule has 128 valence electrons. The third kappa shape index (κ3) is 4.18. The van der Waals surface area contributed by atoms with Gasteiger partial charge in [0.25, 0.3) is 0 Å². The zero-order valence-electron chi connectivity index (χ0n) is 15.4. The lowest BCUT2D eigenvalue weighted by Crippen LogP contribution is -2.41. The van der Waals surface area contributed by atoms with Crippen molar-refractivity contribution < 1.29 is 0 Å². The zero-order chi connectivity index (χ0) is 16.2. The summed E-state index contributed by atoms with van der Waals surface area (Å²) in [4.78, 5) is 0. The first kappa shape index (κ1) is 17.0. The second-order valence-electron chi connectivity index (χ2n) is 8.24. The summed E-state index contributed by atoms with van der Waals surface area (Å²) >= 11 is 0. The fraction of sp³-hybridized carbons (Fsp3) is 0.727. The molecule has 0 amide bonds. The molecule has 2 aliphatic carbocycles. The Kier molecular flexibility index (Phi) is 5.80. The maximum Gasteiger partial charge on any atom is 0.00953 e. The number of aryl methyl sites for hydroxylation is 1. The Hall–Kier alpha value is -0.820. The van der Waals surface area contributed by atoms with Gasteiger partial charge in [-0.1, -0.05) is 43.7 Å². The summed E-state index contributed by atoms with van der Waals surface area (Å²) in [5.74, 6) is 3.66. The molecule has 0 heterocycles. The lowest BCUT2D eigenvalue weighted by Gasteiger charge is -2.41. The van der Waals surface area contributed by atoms with Crippen molar-refractivity contribution in [3.63, 3.8) is 0 Å². The Morgan fingerprint density at radius 2 is 1.57 bits per heavy atom. The first-order valence-electron chi connectivity index (χ1n) is 9.97. The van der Waals surface area contributed by atoms with Crippen molar-refractivity contribution in [1.82, 2.24) is 5.32 Å². The fourth-order valence-corrected chi connectivity index (χ4v) is 5.09. The Bertz CT molecular complexity index is 469. The summed E-state index contributed by atoms with van der Waals surface area (Å²) in [5.41, 5.74) is 2.96. The summed E-state index contributed by atoms with van der Waals surface area (Å²) in [6.07, 6.45) is 10.1. The van der Waals surface area contributed by atoms with Crippen LogP contribution in [0.1, 0.15) is 75.8 Å². The Balaban J connectivity index is 1.53. The topological polar surface area (TPSA) is 12.0 Å². The first-order valence-corrected chi connectivity index (χ1v) is 9.97. The minimum atomic E-state index is 0.772. The molecule has 0 aliphatic heterocycles. The molecule has 0 bridgehead atoms. The zero-order valence-corrected chi connectivity index (χ0v) is 15.4. The SMILES string of the molecule is CCNC1CC(C2CCC(c3ccc(C)cc3)CC2)CCC1C. The number of hydrogen-bond acceptors (Lipinski definition) is 1. The van der Waals surface area contributed by atoms with Crippen LogP contribution < -0.4 is 5.32 Å². The van der Waals surface area contributed by atoms with Gasteiger partial charge in [0.2, 0.25) is 0 Å². The van der Waals surface area contributed by atoms with Gasteiger partial charge in [0.15, 0.2) is 0 Å². The minimum Gasteiger partial charge on any atom is -0.314 e. The van der Waals surface area contributed by atoms with Gasteiger partial charge in [0.1, 0.15) is 0 Å². The van der Waals surface area contributed by atoms with Crippen LogP contribution in [0.2, 0.25) is 0 Å². The molecule has 0 radical (unpaired) electrons. The van der Waals surface area contributed by atoms with E-state index in [-0.39, 0.29) is 0 Å². The third-order valence-electron chi connectivity index (χ3n) is 6.69. The highest BCUT2D eigenvalue weighted by Gasteiger charge is 2.34. The molecule has 1 heteroatoms. The van der Waals surface area contributed by atoms with Gasteiger partial charge in [-0.15, -0.1) is 0 Å². The van der Waals surface area contributed by atoms with E-state index in [1.54, 1.807) is 5.56 Å². The van der Waals surface area contributed by atoms with Crippen LogP contribution in [0.15, 0.2) is 24.3 Å². The van der Waals surface area contributed by atoms with Crippen molar-refractivity contribution in [2.75, 3.05) is 6.54 Å². The van der Waals surface area contributed by atoms with E-state index >= 15 is 0 Å². The lowest BCUT2D eigenvalue weighted by atomic mass is 9.67. The van der Waals surface area contributed by atoms with E-state index in [0.29, 0.717) is 0 Å². The summed E-state index contributed by atoms with van der Waals surface area (Å²) in [6, 6.07) is 10.1. The van der Waals surface area contributed by atoms with Crippen LogP contribution in [0.4, 0.5) is 0 Å². The molecule has 1 aromatic rings. The predicted molar refractivity (Wildman–Crippen MR) is 99.8 cm³/mol. The van der Waals surface area contributed by atoms with E-state index in [4.69, 9.17) is 0 Å². The quantitative estimate of drug-likeness (QED) is 0.753. The van der Waals surface area contributed by atoms with Crippen LogP contribution in [-0.2, 0) is 0 Å². The molecule has 3 atom stereocenters. The van der Waals surface area contributed by atoms with Gasteiger partial charge in [-0.3, -0.25) is 0 Å². The van der Waals surface area contributed by atoms with Gasteiger partial charge in [-0.25, -0.2) is 0 Å². The van der Waals surface area contributed by atoms with Crippen LogP contribution in [-0.4, -0.2) is 12.6 Å². The van der Waals surface area contributed by atoms with E-state index in [1.807, 2.05) is 0 Å². The standard InChI is InChI=1S/C22H35N/c1-4-23-22-15-21(10-7-17(22)3)20-13-11-19(12-14-20)18-8-5-16(2)6-9-18/h5-6,8-9,17,19-23H,4,7,10-15H2,1-3H3. The Labute approximate surface area is 143 Å². The molecule has 23 heavy (non-hydrogen) atoms. The number of rotatable bonds is 4. The van der Waals surface area contributed by atoms with E-state index in [1.165, 1.54) is 50.5 Å². The normalized spacial score (nSPS) is 35.2. The molecule has 2 saturated carbocycles. The number of benzene rings is 1. The third-order valence-corrected chi connectivity index (χ3v) is 6.69. The molecule has 3 rings (SSSR count). The van der Waals surface area contributed by atoms with Crippen molar-refractivity contribution in [3.05, 3.63) is 35.4 Å². The molecule has 3 unspecified atom stereocenters. The Morgan fingerprint density at radius 3 is 2.22 bits per heavy atom. The highest BCUT2D eigenvalue weighted by atomic mass is 14.9. The van der Waals surface area contributed by atoms with Crippen molar-refractivity contribution in [1.29, 1.82) is 0 Å². The van der Waals surface area contributed by atoms with Gasteiger partial charge in [-0.2, -0.15) is 0 Å². The van der Waals surface area contributed by atoms with Crippen molar-refractivity contribution in [2.45, 2.75) is 77.7 Å². The summed E-state index contributed by atoms with van der Waals surface area (Å²) in [5, 5.41) is 3.74. The molecule has 0 spiro atoms. The van der Waals surface area contributed by atoms with Gasteiger partial charge in [0, 0.05) is 6.04 Å². The predicted octanol–water partition coefficient (Wildman–Crippen LogP) is 5.68. The molecule has 0 saturated heterocycles. The van der Waals surface area contributed by atoms with Crippen LogP contribution in [0.5, 0.6) is 0 Å². The van der Waals surface area contributed by atoms with E-state index in [0.717, 1.165) is 36.3 Å².